The fraction of sp³-hybridized carbons (Fsp3) is 0.167. The highest BCUT2D eigenvalue weighted by molar-refractivity contribution is 6.54. The van der Waals surface area contributed by atoms with Gasteiger partial charge in [-0.15, -0.1) is 0 Å². The minimum absolute atomic E-state index is 0.331. The zero-order valence-corrected chi connectivity index (χ0v) is 19.1. The third kappa shape index (κ3) is 5.36. The van der Waals surface area contributed by atoms with Crippen molar-refractivity contribution in [2.45, 2.75) is 24.0 Å². The fourth-order valence-electron chi connectivity index (χ4n) is 3.36. The number of hydrogen-bond acceptors (Lipinski definition) is 4. The fourth-order valence-corrected chi connectivity index (χ4v) is 3.74. The molecular weight excluding hydrogens is 471 g/mol. The number of halogens is 3. The maximum atomic E-state index is 11.8. The van der Waals surface area contributed by atoms with Gasteiger partial charge in [-0.05, 0) is 35.4 Å². The first kappa shape index (κ1) is 22.5. The molecule has 3 aromatic rings. The van der Waals surface area contributed by atoms with Crippen molar-refractivity contribution >= 4 is 52.1 Å². The molecule has 0 spiro atoms. The van der Waals surface area contributed by atoms with Crippen molar-refractivity contribution in [1.29, 1.82) is 0 Å². The molecule has 1 N–H and O–H groups in total. The number of amides is 1. The molecule has 1 aliphatic heterocycles. The molecule has 164 valence electrons. The van der Waals surface area contributed by atoms with Crippen LogP contribution in [0.1, 0.15) is 29.2 Å². The Morgan fingerprint density at radius 2 is 1.88 bits per heavy atom. The maximum Gasteiger partial charge on any atom is 0.257 e. The summed E-state index contributed by atoms with van der Waals surface area (Å²) in [6, 6.07) is 22.7. The van der Waals surface area contributed by atoms with Crippen LogP contribution in [-0.2, 0) is 16.2 Å². The topological polar surface area (TPSA) is 59.9 Å². The van der Waals surface area contributed by atoms with Gasteiger partial charge in [0.2, 0.25) is 0 Å². The zero-order chi connectivity index (χ0) is 22.5. The Kier molecular flexibility index (Phi) is 7.20. The Morgan fingerprint density at radius 3 is 2.66 bits per heavy atom. The molecule has 0 bridgehead atoms. The SMILES string of the molecule is O=C(Nc1cccc(C2CC(c3c(Cl)cccc3OCc3ccccc3)=NO2)c1)C(Cl)Cl. The van der Waals surface area contributed by atoms with Crippen LogP contribution >= 0.6 is 34.8 Å². The second-order valence-electron chi connectivity index (χ2n) is 7.14. The van der Waals surface area contributed by atoms with Gasteiger partial charge >= 0.3 is 0 Å². The van der Waals surface area contributed by atoms with Crippen LogP contribution in [0.2, 0.25) is 5.02 Å². The van der Waals surface area contributed by atoms with E-state index >= 15 is 0 Å². The van der Waals surface area contributed by atoms with Gasteiger partial charge in [-0.1, -0.05) is 88.5 Å². The average molecular weight is 490 g/mol. The Hall–Kier alpha value is -2.73. The summed E-state index contributed by atoms with van der Waals surface area (Å²) in [7, 11) is 0. The third-order valence-corrected chi connectivity index (χ3v) is 5.61. The van der Waals surface area contributed by atoms with E-state index in [0.29, 0.717) is 40.8 Å². The summed E-state index contributed by atoms with van der Waals surface area (Å²) in [5.74, 6) is 0.145. The van der Waals surface area contributed by atoms with Gasteiger partial charge in [0.1, 0.15) is 12.4 Å². The number of nitrogens with zero attached hydrogens (tertiary/aromatic N) is 1. The van der Waals surface area contributed by atoms with Gasteiger partial charge in [0.05, 0.1) is 16.3 Å². The smallest absolute Gasteiger partial charge is 0.257 e. The molecule has 1 aliphatic rings. The first-order valence-electron chi connectivity index (χ1n) is 9.88. The number of carbonyl (C=O) groups excluding carboxylic acids is 1. The van der Waals surface area contributed by atoms with Gasteiger partial charge in [-0.2, -0.15) is 0 Å². The highest BCUT2D eigenvalue weighted by atomic mass is 35.5. The molecule has 5 nitrogen and oxygen atoms in total. The van der Waals surface area contributed by atoms with E-state index in [9.17, 15) is 4.79 Å². The summed E-state index contributed by atoms with van der Waals surface area (Å²) < 4.78 is 6.05. The minimum atomic E-state index is -1.15. The molecule has 3 aromatic carbocycles. The molecule has 0 fully saturated rings. The van der Waals surface area contributed by atoms with E-state index in [4.69, 9.17) is 44.4 Å². The van der Waals surface area contributed by atoms with Crippen molar-refractivity contribution in [3.8, 4) is 5.75 Å². The number of ether oxygens (including phenoxy) is 1. The van der Waals surface area contributed by atoms with Crippen molar-refractivity contribution in [2.75, 3.05) is 5.32 Å². The largest absolute Gasteiger partial charge is 0.488 e. The number of oxime groups is 1. The predicted molar refractivity (Wildman–Crippen MR) is 128 cm³/mol. The number of alkyl halides is 2. The van der Waals surface area contributed by atoms with E-state index < -0.39 is 10.7 Å². The lowest BCUT2D eigenvalue weighted by atomic mass is 9.99. The summed E-state index contributed by atoms with van der Waals surface area (Å²) in [6.07, 6.45) is 0.166. The summed E-state index contributed by atoms with van der Waals surface area (Å²) >= 11 is 17.7. The van der Waals surface area contributed by atoms with E-state index in [1.54, 1.807) is 18.2 Å². The van der Waals surface area contributed by atoms with Crippen LogP contribution in [0.15, 0.2) is 78.0 Å². The van der Waals surface area contributed by atoms with Gasteiger partial charge in [-0.3, -0.25) is 4.79 Å². The van der Waals surface area contributed by atoms with E-state index in [0.717, 1.165) is 11.1 Å². The molecule has 1 heterocycles. The quantitative estimate of drug-likeness (QED) is 0.384. The molecule has 4 rings (SSSR count). The Labute approximate surface area is 200 Å². The normalized spacial score (nSPS) is 15.2. The van der Waals surface area contributed by atoms with Crippen LogP contribution in [0.4, 0.5) is 5.69 Å². The highest BCUT2D eigenvalue weighted by Crippen LogP contribution is 2.36. The second-order valence-corrected chi connectivity index (χ2v) is 8.64. The second kappa shape index (κ2) is 10.3. The van der Waals surface area contributed by atoms with Gasteiger partial charge < -0.3 is 14.9 Å². The monoisotopic (exact) mass is 488 g/mol. The van der Waals surface area contributed by atoms with Crippen LogP contribution < -0.4 is 10.1 Å². The number of benzene rings is 3. The summed E-state index contributed by atoms with van der Waals surface area (Å²) in [4.78, 5) is 16.3. The molecule has 0 saturated heterocycles. The number of carbonyl (C=O) groups is 1. The van der Waals surface area contributed by atoms with E-state index in [-0.39, 0.29) is 6.10 Å². The van der Waals surface area contributed by atoms with Gasteiger partial charge in [0, 0.05) is 12.1 Å². The minimum Gasteiger partial charge on any atom is -0.488 e. The molecule has 1 unspecified atom stereocenters. The van der Waals surface area contributed by atoms with E-state index in [1.165, 1.54) is 0 Å². The average Bonchev–Trinajstić information content (AvgIpc) is 3.28. The number of rotatable bonds is 7. The summed E-state index contributed by atoms with van der Waals surface area (Å²) in [5, 5.41) is 7.48. The molecule has 0 aliphatic carbocycles. The first-order valence-corrected chi connectivity index (χ1v) is 11.1. The first-order chi connectivity index (χ1) is 15.5. The van der Waals surface area contributed by atoms with Gasteiger partial charge in [-0.25, -0.2) is 0 Å². The van der Waals surface area contributed by atoms with Crippen molar-refractivity contribution in [3.63, 3.8) is 0 Å². The van der Waals surface area contributed by atoms with Crippen molar-refractivity contribution in [1.82, 2.24) is 0 Å². The lowest BCUT2D eigenvalue weighted by Crippen LogP contribution is -2.18. The van der Waals surface area contributed by atoms with E-state index in [2.05, 4.69) is 10.5 Å². The predicted octanol–water partition coefficient (Wildman–Crippen LogP) is 6.53. The van der Waals surface area contributed by atoms with Crippen LogP contribution in [-0.4, -0.2) is 16.5 Å². The highest BCUT2D eigenvalue weighted by Gasteiger charge is 2.28. The van der Waals surface area contributed by atoms with Crippen LogP contribution in [0.3, 0.4) is 0 Å². The molecule has 0 aromatic heterocycles. The Morgan fingerprint density at radius 1 is 1.09 bits per heavy atom. The van der Waals surface area contributed by atoms with E-state index in [1.807, 2.05) is 54.6 Å². The van der Waals surface area contributed by atoms with Crippen molar-refractivity contribution < 1.29 is 14.4 Å². The third-order valence-electron chi connectivity index (χ3n) is 4.89. The molecular formula is C24H19Cl3N2O3. The molecule has 0 saturated carbocycles. The van der Waals surface area contributed by atoms with Crippen LogP contribution in [0, 0.1) is 0 Å². The Balaban J connectivity index is 1.49. The molecule has 1 amide bonds. The molecule has 8 heteroatoms. The Bertz CT molecular complexity index is 1140. The van der Waals surface area contributed by atoms with Crippen molar-refractivity contribution in [3.05, 3.63) is 94.5 Å². The molecule has 32 heavy (non-hydrogen) atoms. The van der Waals surface area contributed by atoms with Gasteiger partial charge in [0.15, 0.2) is 10.9 Å². The number of anilines is 1. The lowest BCUT2D eigenvalue weighted by molar-refractivity contribution is -0.114. The summed E-state index contributed by atoms with van der Waals surface area (Å²) in [6.45, 7) is 0.412. The standard InChI is InChI=1S/C24H19Cl3N2O3/c25-18-10-5-11-20(31-14-15-6-2-1-3-7-15)22(18)19-13-21(32-29-19)16-8-4-9-17(12-16)28-24(30)23(26)27/h1-12,21,23H,13-14H2,(H,28,30). The number of hydrogen-bond donors (Lipinski definition) is 1. The molecule has 1 atom stereocenters. The van der Waals surface area contributed by atoms with Crippen LogP contribution in [0.25, 0.3) is 0 Å². The van der Waals surface area contributed by atoms with Crippen molar-refractivity contribution in [2.24, 2.45) is 5.16 Å². The van der Waals surface area contributed by atoms with Gasteiger partial charge in [0.25, 0.3) is 5.91 Å². The molecule has 0 radical (unpaired) electrons. The maximum absolute atomic E-state index is 11.8. The zero-order valence-electron chi connectivity index (χ0n) is 16.8. The summed E-state index contributed by atoms with van der Waals surface area (Å²) in [5.41, 5.74) is 3.88. The van der Waals surface area contributed by atoms with Crippen LogP contribution in [0.5, 0.6) is 5.75 Å². The number of nitrogens with one attached hydrogen (secondary N) is 1. The lowest BCUT2D eigenvalue weighted by Gasteiger charge is -2.13.